The van der Waals surface area contributed by atoms with Crippen LogP contribution in [0.4, 0.5) is 5.82 Å². The number of hydrogen-bond donors (Lipinski definition) is 1. The van der Waals surface area contributed by atoms with Crippen molar-refractivity contribution in [1.29, 1.82) is 0 Å². The number of halogens is 1. The maximum Gasteiger partial charge on any atom is 0.149 e. The summed E-state index contributed by atoms with van der Waals surface area (Å²) in [5.41, 5.74) is 1.10. The summed E-state index contributed by atoms with van der Waals surface area (Å²) in [7, 11) is 1.65. The summed E-state index contributed by atoms with van der Waals surface area (Å²) in [4.78, 5) is 8.01. The molecule has 0 spiro atoms. The van der Waals surface area contributed by atoms with Crippen LogP contribution in [0, 0.1) is 0 Å². The number of anilines is 1. The van der Waals surface area contributed by atoms with E-state index in [-0.39, 0.29) is 0 Å². The van der Waals surface area contributed by atoms with Crippen molar-refractivity contribution in [3.8, 4) is 5.75 Å². The van der Waals surface area contributed by atoms with Crippen LogP contribution in [0.3, 0.4) is 0 Å². The second-order valence-electron chi connectivity index (χ2n) is 4.05. The quantitative estimate of drug-likeness (QED) is 0.796. The van der Waals surface area contributed by atoms with Gasteiger partial charge in [-0.15, -0.1) is 0 Å². The van der Waals surface area contributed by atoms with E-state index in [1.165, 1.54) is 6.20 Å². The third-order valence-electron chi connectivity index (χ3n) is 2.59. The van der Waals surface area contributed by atoms with E-state index in [2.05, 4.69) is 15.3 Å². The Labute approximate surface area is 122 Å². The first-order valence-corrected chi connectivity index (χ1v) is 6.58. The van der Waals surface area contributed by atoms with E-state index < -0.39 is 0 Å². The van der Waals surface area contributed by atoms with Crippen molar-refractivity contribution in [3.05, 3.63) is 47.4 Å². The monoisotopic (exact) mass is 293 g/mol. The Balaban J connectivity index is 1.66. The third kappa shape index (κ3) is 4.68. The highest BCUT2D eigenvalue weighted by atomic mass is 35.5. The lowest BCUT2D eigenvalue weighted by molar-refractivity contribution is 0.130. The molecule has 0 aliphatic rings. The summed E-state index contributed by atoms with van der Waals surface area (Å²) < 4.78 is 10.7. The standard InChI is InChI=1S/C14H16ClN3O2/c1-19-12-4-2-11(3-5-12)10-20-7-6-17-14-9-16-8-13(15)18-14/h2-5,8-9H,6-7,10H2,1H3,(H,17,18). The molecule has 5 nitrogen and oxygen atoms in total. The highest BCUT2D eigenvalue weighted by Crippen LogP contribution is 2.12. The van der Waals surface area contributed by atoms with E-state index in [1.807, 2.05) is 24.3 Å². The fourth-order valence-corrected chi connectivity index (χ4v) is 1.74. The van der Waals surface area contributed by atoms with Crippen molar-refractivity contribution in [1.82, 2.24) is 9.97 Å². The molecule has 2 rings (SSSR count). The van der Waals surface area contributed by atoms with Crippen LogP contribution in [0.1, 0.15) is 5.56 Å². The molecule has 2 aromatic rings. The van der Waals surface area contributed by atoms with Crippen molar-refractivity contribution in [3.63, 3.8) is 0 Å². The Hall–Kier alpha value is -1.85. The fraction of sp³-hybridized carbons (Fsp3) is 0.286. The Kier molecular flexibility index (Phi) is 5.58. The molecule has 106 valence electrons. The van der Waals surface area contributed by atoms with Gasteiger partial charge in [-0.3, -0.25) is 4.98 Å². The number of methoxy groups -OCH3 is 1. The molecule has 0 saturated heterocycles. The van der Waals surface area contributed by atoms with Gasteiger partial charge in [0, 0.05) is 6.54 Å². The highest BCUT2D eigenvalue weighted by Gasteiger charge is 1.97. The van der Waals surface area contributed by atoms with Crippen LogP contribution < -0.4 is 10.1 Å². The summed E-state index contributed by atoms with van der Waals surface area (Å²) >= 11 is 5.73. The van der Waals surface area contributed by atoms with Gasteiger partial charge in [0.1, 0.15) is 16.7 Å². The van der Waals surface area contributed by atoms with Gasteiger partial charge in [0.2, 0.25) is 0 Å². The van der Waals surface area contributed by atoms with Gasteiger partial charge in [-0.1, -0.05) is 23.7 Å². The summed E-state index contributed by atoms with van der Waals surface area (Å²) in [6, 6.07) is 7.79. The Morgan fingerprint density at radius 3 is 2.70 bits per heavy atom. The molecule has 0 bridgehead atoms. The minimum Gasteiger partial charge on any atom is -0.497 e. The summed E-state index contributed by atoms with van der Waals surface area (Å²) in [5.74, 6) is 1.49. The van der Waals surface area contributed by atoms with Gasteiger partial charge in [-0.25, -0.2) is 4.98 Å². The number of aromatic nitrogens is 2. The average Bonchev–Trinajstić information content (AvgIpc) is 2.48. The molecular formula is C14H16ClN3O2. The van der Waals surface area contributed by atoms with E-state index in [1.54, 1.807) is 13.3 Å². The molecule has 1 aromatic heterocycles. The van der Waals surface area contributed by atoms with Crippen LogP contribution in [-0.2, 0) is 11.3 Å². The SMILES string of the molecule is COc1ccc(COCCNc2cncc(Cl)n2)cc1. The molecule has 0 radical (unpaired) electrons. The fourth-order valence-electron chi connectivity index (χ4n) is 1.59. The first-order chi connectivity index (χ1) is 9.78. The number of benzene rings is 1. The number of nitrogens with zero attached hydrogens (tertiary/aromatic N) is 2. The summed E-state index contributed by atoms with van der Waals surface area (Å²) in [6.45, 7) is 1.78. The first kappa shape index (κ1) is 14.6. The topological polar surface area (TPSA) is 56.3 Å². The summed E-state index contributed by atoms with van der Waals surface area (Å²) in [6.07, 6.45) is 3.11. The molecule has 1 aromatic carbocycles. The molecule has 0 fully saturated rings. The van der Waals surface area contributed by atoms with Crippen LogP contribution >= 0.6 is 11.6 Å². The number of rotatable bonds is 7. The minimum absolute atomic E-state index is 0.370. The molecule has 1 heterocycles. The Morgan fingerprint density at radius 1 is 1.20 bits per heavy atom. The van der Waals surface area contributed by atoms with Gasteiger partial charge in [0.15, 0.2) is 0 Å². The molecule has 0 saturated carbocycles. The zero-order valence-corrected chi connectivity index (χ0v) is 11.9. The molecule has 6 heteroatoms. The molecule has 0 aliphatic carbocycles. The predicted molar refractivity (Wildman–Crippen MR) is 78.2 cm³/mol. The highest BCUT2D eigenvalue weighted by molar-refractivity contribution is 6.29. The maximum absolute atomic E-state index is 5.73. The smallest absolute Gasteiger partial charge is 0.149 e. The van der Waals surface area contributed by atoms with Crippen LogP contribution in [0.25, 0.3) is 0 Å². The van der Waals surface area contributed by atoms with Crippen molar-refractivity contribution in [2.24, 2.45) is 0 Å². The molecule has 20 heavy (non-hydrogen) atoms. The average molecular weight is 294 g/mol. The van der Waals surface area contributed by atoms with Crippen LogP contribution in [0.2, 0.25) is 5.15 Å². The lowest BCUT2D eigenvalue weighted by Gasteiger charge is -2.07. The molecule has 0 unspecified atom stereocenters. The minimum atomic E-state index is 0.370. The predicted octanol–water partition coefficient (Wildman–Crippen LogP) is 2.77. The zero-order chi connectivity index (χ0) is 14.2. The number of ether oxygens (including phenoxy) is 2. The third-order valence-corrected chi connectivity index (χ3v) is 2.77. The largest absolute Gasteiger partial charge is 0.497 e. The molecule has 0 aliphatic heterocycles. The van der Waals surface area contributed by atoms with E-state index in [0.29, 0.717) is 30.7 Å². The van der Waals surface area contributed by atoms with Crippen molar-refractivity contribution >= 4 is 17.4 Å². The normalized spacial score (nSPS) is 10.3. The van der Waals surface area contributed by atoms with E-state index in [9.17, 15) is 0 Å². The van der Waals surface area contributed by atoms with E-state index in [4.69, 9.17) is 21.1 Å². The Morgan fingerprint density at radius 2 is 2.00 bits per heavy atom. The van der Waals surface area contributed by atoms with E-state index in [0.717, 1.165) is 11.3 Å². The lowest BCUT2D eigenvalue weighted by atomic mass is 10.2. The van der Waals surface area contributed by atoms with Crippen molar-refractivity contribution in [2.45, 2.75) is 6.61 Å². The summed E-state index contributed by atoms with van der Waals surface area (Å²) in [5, 5.41) is 3.46. The first-order valence-electron chi connectivity index (χ1n) is 6.20. The van der Waals surface area contributed by atoms with Gasteiger partial charge in [-0.2, -0.15) is 0 Å². The van der Waals surface area contributed by atoms with Gasteiger partial charge >= 0.3 is 0 Å². The lowest BCUT2D eigenvalue weighted by Crippen LogP contribution is -2.10. The zero-order valence-electron chi connectivity index (χ0n) is 11.2. The number of nitrogens with one attached hydrogen (secondary N) is 1. The second kappa shape index (κ2) is 7.67. The molecule has 0 amide bonds. The Bertz CT molecular complexity index is 534. The molecule has 1 N–H and O–H groups in total. The van der Waals surface area contributed by atoms with Crippen LogP contribution in [0.5, 0.6) is 5.75 Å². The van der Waals surface area contributed by atoms with Crippen molar-refractivity contribution in [2.75, 3.05) is 25.6 Å². The van der Waals surface area contributed by atoms with Gasteiger partial charge in [0.05, 0.1) is 32.7 Å². The maximum atomic E-state index is 5.73. The van der Waals surface area contributed by atoms with Gasteiger partial charge < -0.3 is 14.8 Å². The van der Waals surface area contributed by atoms with E-state index >= 15 is 0 Å². The number of hydrogen-bond acceptors (Lipinski definition) is 5. The van der Waals surface area contributed by atoms with Gasteiger partial charge in [-0.05, 0) is 17.7 Å². The van der Waals surface area contributed by atoms with Crippen LogP contribution in [-0.4, -0.2) is 30.2 Å². The molecular weight excluding hydrogens is 278 g/mol. The second-order valence-corrected chi connectivity index (χ2v) is 4.44. The van der Waals surface area contributed by atoms with Crippen molar-refractivity contribution < 1.29 is 9.47 Å². The molecule has 0 atom stereocenters. The van der Waals surface area contributed by atoms with Crippen LogP contribution in [0.15, 0.2) is 36.7 Å². The van der Waals surface area contributed by atoms with Gasteiger partial charge in [0.25, 0.3) is 0 Å².